The molecule has 1 spiro atoms. The average Bonchev–Trinajstić information content (AvgIpc) is 3.56. The zero-order chi connectivity index (χ0) is 27.2. The van der Waals surface area contributed by atoms with Gasteiger partial charge in [0, 0.05) is 55.6 Å². The topological polar surface area (TPSA) is 70.9 Å². The van der Waals surface area contributed by atoms with E-state index in [0.29, 0.717) is 42.3 Å². The Hall–Kier alpha value is -3.88. The maximum absolute atomic E-state index is 14.5. The van der Waals surface area contributed by atoms with Gasteiger partial charge in [-0.15, -0.1) is 0 Å². The Labute approximate surface area is 222 Å². The first-order valence-corrected chi connectivity index (χ1v) is 13.0. The molecule has 3 amide bonds. The van der Waals surface area contributed by atoms with E-state index in [2.05, 4.69) is 5.10 Å². The van der Waals surface area contributed by atoms with Gasteiger partial charge in [-0.2, -0.15) is 5.10 Å². The first-order chi connectivity index (χ1) is 18.2. The fourth-order valence-electron chi connectivity index (χ4n) is 5.98. The predicted octanol–water partition coefficient (Wildman–Crippen LogP) is 4.69. The zero-order valence-corrected chi connectivity index (χ0v) is 22.5. The van der Waals surface area contributed by atoms with E-state index >= 15 is 0 Å². The number of rotatable bonds is 6. The quantitative estimate of drug-likeness (QED) is 0.474. The Bertz CT molecular complexity index is 1370. The second-order valence-corrected chi connectivity index (χ2v) is 10.4. The summed E-state index contributed by atoms with van der Waals surface area (Å²) in [5.41, 5.74) is 1.76. The van der Waals surface area contributed by atoms with Gasteiger partial charge in [-0.1, -0.05) is 24.3 Å². The number of methoxy groups -OCH3 is 1. The predicted molar refractivity (Wildman–Crippen MR) is 143 cm³/mol. The number of urea groups is 1. The number of nitrogens with zero attached hydrogens (tertiary/aromatic N) is 5. The van der Waals surface area contributed by atoms with Crippen molar-refractivity contribution in [2.45, 2.75) is 51.7 Å². The molecule has 0 radical (unpaired) electrons. The summed E-state index contributed by atoms with van der Waals surface area (Å²) in [5.74, 6) is -0.139. The normalized spacial score (nSPS) is 21.3. The van der Waals surface area contributed by atoms with Gasteiger partial charge in [0.05, 0.1) is 23.9 Å². The SMILES string of the molecule is CCn1cc(C(=O)N2C[C@H](c3ccccc3OC)[C@@]3(C2)CN(C(C)C)C(=O)N3c2cccc(F)c2)c(C)n1. The van der Waals surface area contributed by atoms with Gasteiger partial charge in [0.1, 0.15) is 11.6 Å². The Balaban J connectivity index is 1.68. The number of halogens is 1. The molecule has 3 aromatic rings. The van der Waals surface area contributed by atoms with Crippen LogP contribution in [0, 0.1) is 12.7 Å². The number of benzene rings is 2. The third-order valence-corrected chi connectivity index (χ3v) is 7.83. The lowest BCUT2D eigenvalue weighted by molar-refractivity contribution is 0.0782. The summed E-state index contributed by atoms with van der Waals surface area (Å²) < 4.78 is 22.0. The lowest BCUT2D eigenvalue weighted by atomic mass is 9.80. The number of para-hydroxylation sites is 1. The molecule has 2 saturated heterocycles. The molecule has 2 fully saturated rings. The van der Waals surface area contributed by atoms with Crippen LogP contribution in [0.5, 0.6) is 5.75 Å². The fourth-order valence-corrected chi connectivity index (χ4v) is 5.98. The second-order valence-electron chi connectivity index (χ2n) is 10.4. The van der Waals surface area contributed by atoms with Gasteiger partial charge in [0.25, 0.3) is 5.91 Å². The van der Waals surface area contributed by atoms with Crippen LogP contribution in [0.1, 0.15) is 48.3 Å². The molecule has 0 unspecified atom stereocenters. The summed E-state index contributed by atoms with van der Waals surface area (Å²) in [6.45, 7) is 9.47. The van der Waals surface area contributed by atoms with Crippen molar-refractivity contribution in [1.29, 1.82) is 0 Å². The van der Waals surface area contributed by atoms with E-state index in [1.807, 2.05) is 61.8 Å². The van der Waals surface area contributed by atoms with Crippen LogP contribution in [0.25, 0.3) is 0 Å². The van der Waals surface area contributed by atoms with Crippen LogP contribution in [-0.2, 0) is 6.54 Å². The van der Waals surface area contributed by atoms with Crippen molar-refractivity contribution in [1.82, 2.24) is 19.6 Å². The molecule has 8 nitrogen and oxygen atoms in total. The number of ether oxygens (including phenoxy) is 1. The highest BCUT2D eigenvalue weighted by Crippen LogP contribution is 2.49. The number of hydrogen-bond acceptors (Lipinski definition) is 4. The number of anilines is 1. The Morgan fingerprint density at radius 1 is 1.18 bits per heavy atom. The molecular weight excluding hydrogens is 485 g/mol. The molecule has 3 heterocycles. The molecule has 1 aromatic heterocycles. The second kappa shape index (κ2) is 9.78. The molecule has 5 rings (SSSR count). The van der Waals surface area contributed by atoms with E-state index in [0.717, 1.165) is 5.56 Å². The number of likely N-dealkylation sites (tertiary alicyclic amines) is 1. The minimum Gasteiger partial charge on any atom is -0.496 e. The van der Waals surface area contributed by atoms with Crippen LogP contribution in [0.3, 0.4) is 0 Å². The van der Waals surface area contributed by atoms with Gasteiger partial charge in [-0.05, 0) is 52.0 Å². The number of carbonyl (C=O) groups is 2. The summed E-state index contributed by atoms with van der Waals surface area (Å²) in [7, 11) is 1.62. The minimum absolute atomic E-state index is 0.0777. The summed E-state index contributed by atoms with van der Waals surface area (Å²) in [6.07, 6.45) is 1.78. The summed E-state index contributed by atoms with van der Waals surface area (Å²) in [4.78, 5) is 33.2. The Kier molecular flexibility index (Phi) is 6.63. The van der Waals surface area contributed by atoms with E-state index in [4.69, 9.17) is 4.74 Å². The van der Waals surface area contributed by atoms with Crippen molar-refractivity contribution in [3.8, 4) is 5.75 Å². The third kappa shape index (κ3) is 4.10. The lowest BCUT2D eigenvalue weighted by Gasteiger charge is -2.38. The van der Waals surface area contributed by atoms with Crippen LogP contribution in [0.4, 0.5) is 14.9 Å². The van der Waals surface area contributed by atoms with E-state index in [-0.39, 0.29) is 30.4 Å². The molecule has 2 aromatic carbocycles. The van der Waals surface area contributed by atoms with Crippen LogP contribution < -0.4 is 9.64 Å². The molecule has 0 aliphatic carbocycles. The van der Waals surface area contributed by atoms with Gasteiger partial charge in [-0.25, -0.2) is 9.18 Å². The smallest absolute Gasteiger partial charge is 0.325 e. The van der Waals surface area contributed by atoms with Gasteiger partial charge in [0.15, 0.2) is 0 Å². The van der Waals surface area contributed by atoms with Crippen LogP contribution in [0.2, 0.25) is 0 Å². The van der Waals surface area contributed by atoms with Crippen molar-refractivity contribution in [3.05, 3.63) is 77.4 Å². The van der Waals surface area contributed by atoms with E-state index in [1.165, 1.54) is 12.1 Å². The van der Waals surface area contributed by atoms with Crippen molar-refractivity contribution >= 4 is 17.6 Å². The molecule has 0 bridgehead atoms. The van der Waals surface area contributed by atoms with Crippen LogP contribution >= 0.6 is 0 Å². The van der Waals surface area contributed by atoms with Gasteiger partial charge >= 0.3 is 6.03 Å². The molecule has 0 N–H and O–H groups in total. The molecule has 9 heteroatoms. The Morgan fingerprint density at radius 3 is 2.61 bits per heavy atom. The Morgan fingerprint density at radius 2 is 1.95 bits per heavy atom. The first-order valence-electron chi connectivity index (χ1n) is 13.0. The summed E-state index contributed by atoms with van der Waals surface area (Å²) >= 11 is 0. The van der Waals surface area contributed by atoms with Gasteiger partial charge in [0.2, 0.25) is 0 Å². The van der Waals surface area contributed by atoms with Crippen molar-refractivity contribution in [2.75, 3.05) is 31.6 Å². The van der Waals surface area contributed by atoms with Crippen molar-refractivity contribution < 1.29 is 18.7 Å². The number of hydrogen-bond donors (Lipinski definition) is 0. The minimum atomic E-state index is -0.839. The lowest BCUT2D eigenvalue weighted by Crippen LogP contribution is -2.53. The number of aryl methyl sites for hydroxylation is 2. The highest BCUT2D eigenvalue weighted by atomic mass is 19.1. The molecule has 2 aliphatic rings. The molecule has 200 valence electrons. The fraction of sp³-hybridized carbons (Fsp3) is 0.414. The summed E-state index contributed by atoms with van der Waals surface area (Å²) in [6, 6.07) is 13.6. The van der Waals surface area contributed by atoms with Crippen LogP contribution in [-0.4, -0.2) is 69.8 Å². The molecule has 2 aliphatic heterocycles. The average molecular weight is 520 g/mol. The summed E-state index contributed by atoms with van der Waals surface area (Å²) in [5, 5.41) is 4.47. The van der Waals surface area contributed by atoms with E-state index in [9.17, 15) is 14.0 Å². The molecule has 0 saturated carbocycles. The number of amides is 3. The van der Waals surface area contributed by atoms with E-state index < -0.39 is 11.4 Å². The highest BCUT2D eigenvalue weighted by Gasteiger charge is 2.61. The first kappa shape index (κ1) is 25.8. The van der Waals surface area contributed by atoms with E-state index in [1.54, 1.807) is 35.0 Å². The third-order valence-electron chi connectivity index (χ3n) is 7.83. The van der Waals surface area contributed by atoms with Crippen LogP contribution in [0.15, 0.2) is 54.7 Å². The number of aromatic nitrogens is 2. The standard InChI is InChI=1S/C29H34FN5O3/c1-6-33-15-24(20(4)31-33)27(36)32-16-25(23-12-7-8-13-26(23)38-5)29(17-32)18-34(19(2)3)28(37)35(29)22-11-9-10-21(30)14-22/h7-15,19,25H,6,16-18H2,1-5H3/t25-,29-/m1/s1. The van der Waals surface area contributed by atoms with Crippen molar-refractivity contribution in [3.63, 3.8) is 0 Å². The van der Waals surface area contributed by atoms with Crippen molar-refractivity contribution in [2.24, 2.45) is 0 Å². The van der Waals surface area contributed by atoms with Gasteiger partial charge < -0.3 is 14.5 Å². The maximum Gasteiger partial charge on any atom is 0.325 e. The monoisotopic (exact) mass is 519 g/mol. The molecular formula is C29H34FN5O3. The maximum atomic E-state index is 14.5. The zero-order valence-electron chi connectivity index (χ0n) is 22.5. The molecule has 2 atom stereocenters. The van der Waals surface area contributed by atoms with Gasteiger partial charge in [-0.3, -0.25) is 14.4 Å². The number of carbonyl (C=O) groups excluding carboxylic acids is 2. The molecule has 38 heavy (non-hydrogen) atoms. The highest BCUT2D eigenvalue weighted by molar-refractivity contribution is 5.99. The largest absolute Gasteiger partial charge is 0.496 e.